The van der Waals surface area contributed by atoms with Crippen LogP contribution < -0.4 is 10.9 Å². The monoisotopic (exact) mass is 274 g/mol. The Morgan fingerprint density at radius 1 is 0.895 bits per heavy atom. The van der Waals surface area contributed by atoms with Gasteiger partial charge in [0.15, 0.2) is 0 Å². The Kier molecular flexibility index (Phi) is 5.04. The Morgan fingerprint density at radius 3 is 1.74 bits per heavy atom. The van der Waals surface area contributed by atoms with Gasteiger partial charge in [-0.3, -0.25) is 0 Å². The molecule has 2 nitrogen and oxygen atoms in total. The van der Waals surface area contributed by atoms with Crippen LogP contribution in [0.1, 0.15) is 40.0 Å². The van der Waals surface area contributed by atoms with E-state index in [0.717, 1.165) is 19.3 Å². The molecule has 2 N–H and O–H groups in total. The lowest BCUT2D eigenvalue weighted by atomic mass is 10.1. The number of hydrogen-bond donors (Lipinski definition) is 2. The lowest BCUT2D eigenvalue weighted by molar-refractivity contribution is 0.945. The first-order valence-corrected chi connectivity index (χ1v) is 8.43. The predicted octanol–water partition coefficient (Wildman–Crippen LogP) is 4.26. The summed E-state index contributed by atoms with van der Waals surface area (Å²) in [6.45, 7) is 6.82. The molecule has 2 heterocycles. The molecule has 0 amide bonds. The Hall–Kier alpha value is -1.27. The van der Waals surface area contributed by atoms with E-state index in [1.165, 1.54) is 10.9 Å². The summed E-state index contributed by atoms with van der Waals surface area (Å²) in [7, 11) is -0.423. The van der Waals surface area contributed by atoms with Crippen LogP contribution in [0.2, 0.25) is 0 Å². The first-order valence-electron chi connectivity index (χ1n) is 7.09. The molecular formula is C16H23N2P. The lowest BCUT2D eigenvalue weighted by Crippen LogP contribution is -2.15. The van der Waals surface area contributed by atoms with Crippen LogP contribution in [0.4, 0.5) is 0 Å². The highest BCUT2D eigenvalue weighted by molar-refractivity contribution is 7.76. The van der Waals surface area contributed by atoms with Crippen molar-refractivity contribution < 1.29 is 0 Å². The Balaban J connectivity index is 2.52. The molecular weight excluding hydrogens is 251 g/mol. The van der Waals surface area contributed by atoms with Gasteiger partial charge < -0.3 is 9.97 Å². The summed E-state index contributed by atoms with van der Waals surface area (Å²) in [5.74, 6) is 0. The summed E-state index contributed by atoms with van der Waals surface area (Å²) in [5.41, 5.74) is 4.29. The molecule has 3 heteroatoms. The highest BCUT2D eigenvalue weighted by Gasteiger charge is 2.21. The summed E-state index contributed by atoms with van der Waals surface area (Å²) in [5, 5.41) is 1.62. The molecule has 2 aromatic heterocycles. The number of nitrogens with one attached hydrogen (secondary N) is 2. The molecule has 0 aliphatic heterocycles. The smallest absolute Gasteiger partial charge is 0.0487 e. The molecule has 0 spiro atoms. The Bertz CT molecular complexity index is 469. The molecule has 0 saturated heterocycles. The maximum atomic E-state index is 3.42. The van der Waals surface area contributed by atoms with Gasteiger partial charge in [-0.1, -0.05) is 26.3 Å². The van der Waals surface area contributed by atoms with Crippen molar-refractivity contribution in [2.24, 2.45) is 0 Å². The van der Waals surface area contributed by atoms with E-state index < -0.39 is 7.92 Å². The number of allylic oxidation sites excluding steroid dienone is 2. The van der Waals surface area contributed by atoms with E-state index in [4.69, 9.17) is 0 Å². The van der Waals surface area contributed by atoms with Crippen LogP contribution >= 0.6 is 7.92 Å². The number of aromatic nitrogens is 2. The van der Waals surface area contributed by atoms with Crippen molar-refractivity contribution in [2.75, 3.05) is 0 Å². The molecule has 0 unspecified atom stereocenters. The minimum atomic E-state index is -0.423. The van der Waals surface area contributed by atoms with Gasteiger partial charge in [-0.15, -0.1) is 0 Å². The van der Waals surface area contributed by atoms with E-state index in [1.807, 2.05) is 12.4 Å². The maximum absolute atomic E-state index is 3.42. The molecule has 2 rings (SSSR count). The summed E-state index contributed by atoms with van der Waals surface area (Å²) in [6, 6.07) is 8.62. The van der Waals surface area contributed by atoms with E-state index in [0.29, 0.717) is 0 Å². The highest BCUT2D eigenvalue weighted by Crippen LogP contribution is 2.46. The minimum absolute atomic E-state index is 0.423. The standard InChI is InChI=1S/C16H23N2P/c1-4-13(5-2)14(6-3)19(15-9-7-11-17-15)16-10-8-12-18-16/h7-12,17-18H,4-6H2,1-3H3. The average Bonchev–Trinajstić information content (AvgIpc) is 3.12. The summed E-state index contributed by atoms with van der Waals surface area (Å²) in [4.78, 5) is 6.84. The third-order valence-corrected chi connectivity index (χ3v) is 6.20. The number of aromatic amines is 2. The molecule has 0 aliphatic rings. The van der Waals surface area contributed by atoms with Gasteiger partial charge in [0.1, 0.15) is 0 Å². The number of rotatable bonds is 6. The van der Waals surface area contributed by atoms with E-state index in [2.05, 4.69) is 55.0 Å². The summed E-state index contributed by atoms with van der Waals surface area (Å²) in [6.07, 6.45) is 7.48. The van der Waals surface area contributed by atoms with Crippen molar-refractivity contribution in [2.45, 2.75) is 40.0 Å². The van der Waals surface area contributed by atoms with E-state index in [-0.39, 0.29) is 0 Å². The van der Waals surface area contributed by atoms with Crippen molar-refractivity contribution >= 4 is 18.8 Å². The lowest BCUT2D eigenvalue weighted by Gasteiger charge is -2.21. The fourth-order valence-electron chi connectivity index (χ4n) is 2.56. The minimum Gasteiger partial charge on any atom is -0.361 e. The molecule has 0 aromatic carbocycles. The van der Waals surface area contributed by atoms with E-state index >= 15 is 0 Å². The predicted molar refractivity (Wildman–Crippen MR) is 85.7 cm³/mol. The van der Waals surface area contributed by atoms with E-state index in [1.54, 1.807) is 10.9 Å². The molecule has 0 atom stereocenters. The average molecular weight is 274 g/mol. The van der Waals surface area contributed by atoms with Crippen molar-refractivity contribution in [1.29, 1.82) is 0 Å². The van der Waals surface area contributed by atoms with Crippen LogP contribution in [0.15, 0.2) is 47.5 Å². The number of hydrogen-bond acceptors (Lipinski definition) is 0. The fraction of sp³-hybridized carbons (Fsp3) is 0.375. The third kappa shape index (κ3) is 3.01. The fourth-order valence-corrected chi connectivity index (χ4v) is 5.23. The quantitative estimate of drug-likeness (QED) is 0.738. The van der Waals surface area contributed by atoms with Crippen LogP contribution in [0, 0.1) is 0 Å². The number of H-pyrrole nitrogens is 2. The second-order valence-electron chi connectivity index (χ2n) is 4.56. The van der Waals surface area contributed by atoms with Crippen LogP contribution in [0.25, 0.3) is 0 Å². The molecule has 0 aliphatic carbocycles. The normalized spacial score (nSPS) is 10.9. The first-order chi connectivity index (χ1) is 9.31. The zero-order valence-corrected chi connectivity index (χ0v) is 12.9. The van der Waals surface area contributed by atoms with Gasteiger partial charge in [-0.25, -0.2) is 0 Å². The molecule has 102 valence electrons. The van der Waals surface area contributed by atoms with Crippen molar-refractivity contribution in [3.05, 3.63) is 47.5 Å². The van der Waals surface area contributed by atoms with Crippen molar-refractivity contribution in [3.63, 3.8) is 0 Å². The van der Waals surface area contributed by atoms with Crippen LogP contribution in [0.5, 0.6) is 0 Å². The largest absolute Gasteiger partial charge is 0.361 e. The Labute approximate surface area is 117 Å². The van der Waals surface area contributed by atoms with Gasteiger partial charge in [0.05, 0.1) is 0 Å². The molecule has 0 radical (unpaired) electrons. The van der Waals surface area contributed by atoms with Crippen molar-refractivity contribution in [1.82, 2.24) is 9.97 Å². The molecule has 0 saturated carbocycles. The zero-order valence-electron chi connectivity index (χ0n) is 12.0. The second-order valence-corrected chi connectivity index (χ2v) is 6.73. The van der Waals surface area contributed by atoms with Gasteiger partial charge in [-0.2, -0.15) is 0 Å². The molecule has 0 fully saturated rings. The third-order valence-electron chi connectivity index (χ3n) is 3.51. The zero-order chi connectivity index (χ0) is 13.7. The SMILES string of the molecule is CCC(CC)=C(CC)P(c1ccc[nH]1)c1ccc[nH]1. The van der Waals surface area contributed by atoms with Crippen molar-refractivity contribution in [3.8, 4) is 0 Å². The van der Waals surface area contributed by atoms with Gasteiger partial charge in [0, 0.05) is 31.2 Å². The maximum Gasteiger partial charge on any atom is 0.0487 e. The topological polar surface area (TPSA) is 31.6 Å². The van der Waals surface area contributed by atoms with Gasteiger partial charge in [0.25, 0.3) is 0 Å². The van der Waals surface area contributed by atoms with Crippen LogP contribution in [-0.2, 0) is 0 Å². The van der Waals surface area contributed by atoms with Crippen LogP contribution in [-0.4, -0.2) is 9.97 Å². The van der Waals surface area contributed by atoms with E-state index in [9.17, 15) is 0 Å². The first kappa shape index (κ1) is 14.1. The van der Waals surface area contributed by atoms with Crippen LogP contribution in [0.3, 0.4) is 0 Å². The second kappa shape index (κ2) is 6.77. The molecule has 0 bridgehead atoms. The summed E-state index contributed by atoms with van der Waals surface area (Å²) >= 11 is 0. The van der Waals surface area contributed by atoms with Gasteiger partial charge in [-0.05, 0) is 48.8 Å². The highest BCUT2D eigenvalue weighted by atomic mass is 31.1. The molecule has 2 aromatic rings. The van der Waals surface area contributed by atoms with Gasteiger partial charge in [0.2, 0.25) is 0 Å². The summed E-state index contributed by atoms with van der Waals surface area (Å²) < 4.78 is 0. The molecule has 19 heavy (non-hydrogen) atoms. The Morgan fingerprint density at radius 2 is 1.42 bits per heavy atom. The van der Waals surface area contributed by atoms with Gasteiger partial charge >= 0.3 is 0 Å².